The normalized spacial score (nSPS) is 18.4. The van der Waals surface area contributed by atoms with Gasteiger partial charge in [-0.15, -0.1) is 0 Å². The molecule has 23 heavy (non-hydrogen) atoms. The largest absolute Gasteiger partial charge is 0.394 e. The molecule has 0 radical (unpaired) electrons. The lowest BCUT2D eigenvalue weighted by atomic mass is 10.0. The summed E-state index contributed by atoms with van der Waals surface area (Å²) in [4.78, 5) is 9.76. The summed E-state index contributed by atoms with van der Waals surface area (Å²) in [6, 6.07) is 7.42. The summed E-state index contributed by atoms with van der Waals surface area (Å²) in [5.41, 5.74) is 2.72. The van der Waals surface area contributed by atoms with Crippen LogP contribution in [0.25, 0.3) is 10.9 Å². The number of aromatic nitrogens is 3. The second-order valence-electron chi connectivity index (χ2n) is 5.67. The minimum atomic E-state index is -0.133. The zero-order chi connectivity index (χ0) is 16.0. The molecule has 3 heterocycles. The summed E-state index contributed by atoms with van der Waals surface area (Å²) in [6.45, 7) is 2.03. The lowest BCUT2D eigenvalue weighted by Gasteiger charge is -2.37. The van der Waals surface area contributed by atoms with Gasteiger partial charge in [-0.05, 0) is 31.2 Å². The van der Waals surface area contributed by atoms with E-state index in [1.807, 2.05) is 43.6 Å². The summed E-state index contributed by atoms with van der Waals surface area (Å²) < 4.78 is 0. The number of aliphatic imine (C=N–C) groups is 1. The van der Waals surface area contributed by atoms with E-state index in [0.29, 0.717) is 5.02 Å². The van der Waals surface area contributed by atoms with Crippen molar-refractivity contribution in [1.29, 1.82) is 0 Å². The number of rotatable bonds is 3. The molecule has 0 spiro atoms. The molecule has 1 aromatic carbocycles. The maximum absolute atomic E-state index is 9.68. The number of aromatic amines is 2. The molecule has 0 saturated carbocycles. The predicted molar refractivity (Wildman–Crippen MR) is 91.8 cm³/mol. The third-order valence-corrected chi connectivity index (χ3v) is 4.44. The maximum atomic E-state index is 9.68. The number of aliphatic hydroxyl groups is 1. The minimum Gasteiger partial charge on any atom is -0.394 e. The summed E-state index contributed by atoms with van der Waals surface area (Å²) in [5.74, 6) is 0.799. The van der Waals surface area contributed by atoms with E-state index in [2.05, 4.69) is 25.1 Å². The van der Waals surface area contributed by atoms with Crippen molar-refractivity contribution in [2.45, 2.75) is 19.0 Å². The number of fused-ring (bicyclic) bond motifs is 2. The monoisotopic (exact) mass is 329 g/mol. The van der Waals surface area contributed by atoms with Crippen LogP contribution in [0.5, 0.6) is 0 Å². The summed E-state index contributed by atoms with van der Waals surface area (Å²) in [5, 5.41) is 18.8. The van der Waals surface area contributed by atoms with Crippen LogP contribution in [0.1, 0.15) is 18.7 Å². The van der Waals surface area contributed by atoms with Crippen molar-refractivity contribution in [1.82, 2.24) is 15.2 Å². The van der Waals surface area contributed by atoms with Crippen LogP contribution in [0.3, 0.4) is 0 Å². The summed E-state index contributed by atoms with van der Waals surface area (Å²) >= 11 is 6.04. The molecule has 6 nitrogen and oxygen atoms in total. The van der Waals surface area contributed by atoms with Crippen molar-refractivity contribution in [3.63, 3.8) is 0 Å². The van der Waals surface area contributed by atoms with E-state index < -0.39 is 0 Å². The van der Waals surface area contributed by atoms with E-state index >= 15 is 0 Å². The van der Waals surface area contributed by atoms with E-state index in [1.165, 1.54) is 0 Å². The van der Waals surface area contributed by atoms with Crippen molar-refractivity contribution < 1.29 is 5.11 Å². The summed E-state index contributed by atoms with van der Waals surface area (Å²) in [6.07, 6.45) is 3.72. The number of aliphatic hydroxyl groups excluding tert-OH is 1. The van der Waals surface area contributed by atoms with Crippen LogP contribution in [0, 0.1) is 0 Å². The standard InChI is InChI=1S/C16H16ClN5O/c1-9(8-23)22-13-4-5-18-16(13)19-7-14(22)15-11-3-2-10(17)6-12(11)20-21-15/h2-7,9,14,18,23H,8H2,1H3,(H,20,21)/t9?,14-/m0/s1. The van der Waals surface area contributed by atoms with Gasteiger partial charge in [0.1, 0.15) is 6.04 Å². The first-order valence-corrected chi connectivity index (χ1v) is 7.81. The Balaban J connectivity index is 1.85. The fourth-order valence-electron chi connectivity index (χ4n) is 3.08. The first-order chi connectivity index (χ1) is 11.2. The van der Waals surface area contributed by atoms with Gasteiger partial charge in [-0.25, -0.2) is 4.99 Å². The number of H-pyrrole nitrogens is 2. The van der Waals surface area contributed by atoms with E-state index in [0.717, 1.165) is 28.1 Å². The zero-order valence-electron chi connectivity index (χ0n) is 12.5. The van der Waals surface area contributed by atoms with Crippen molar-refractivity contribution in [3.05, 3.63) is 41.2 Å². The van der Waals surface area contributed by atoms with Gasteiger partial charge in [-0.2, -0.15) is 5.10 Å². The van der Waals surface area contributed by atoms with Crippen molar-refractivity contribution >= 4 is 40.2 Å². The second kappa shape index (κ2) is 5.40. The van der Waals surface area contributed by atoms with Crippen LogP contribution in [0.2, 0.25) is 5.02 Å². The van der Waals surface area contributed by atoms with Gasteiger partial charge in [-0.1, -0.05) is 11.6 Å². The molecule has 2 aromatic heterocycles. The van der Waals surface area contributed by atoms with Gasteiger partial charge in [-0.3, -0.25) is 5.10 Å². The molecule has 0 amide bonds. The minimum absolute atomic E-state index is 0.0485. The Morgan fingerprint density at radius 1 is 1.39 bits per heavy atom. The SMILES string of the molecule is CC(CO)N1c2cc[nH]c2N=C[C@H]1c1[nH]nc2cc(Cl)ccc12. The predicted octanol–water partition coefficient (Wildman–Crippen LogP) is 3.19. The van der Waals surface area contributed by atoms with Crippen LogP contribution in [0.4, 0.5) is 11.5 Å². The Morgan fingerprint density at radius 3 is 3.09 bits per heavy atom. The van der Waals surface area contributed by atoms with Gasteiger partial charge in [0.2, 0.25) is 0 Å². The second-order valence-corrected chi connectivity index (χ2v) is 6.11. The van der Waals surface area contributed by atoms with Gasteiger partial charge in [0.05, 0.1) is 29.5 Å². The Morgan fingerprint density at radius 2 is 2.26 bits per heavy atom. The molecule has 1 unspecified atom stereocenters. The number of benzene rings is 1. The molecule has 3 aromatic rings. The highest BCUT2D eigenvalue weighted by Gasteiger charge is 2.31. The highest BCUT2D eigenvalue weighted by molar-refractivity contribution is 6.31. The Hall–Kier alpha value is -2.31. The third kappa shape index (κ3) is 2.22. The van der Waals surface area contributed by atoms with Gasteiger partial charge in [0.15, 0.2) is 5.82 Å². The van der Waals surface area contributed by atoms with E-state index in [4.69, 9.17) is 11.6 Å². The molecule has 0 saturated heterocycles. The van der Waals surface area contributed by atoms with Crippen LogP contribution in [-0.4, -0.2) is 39.2 Å². The first kappa shape index (κ1) is 14.3. The molecular formula is C16H16ClN5O. The molecule has 0 aliphatic carbocycles. The van der Waals surface area contributed by atoms with Crippen LogP contribution >= 0.6 is 11.6 Å². The lowest BCUT2D eigenvalue weighted by molar-refractivity contribution is 0.264. The van der Waals surface area contributed by atoms with Gasteiger partial charge in [0.25, 0.3) is 0 Å². The molecule has 0 bridgehead atoms. The average molecular weight is 330 g/mol. The van der Waals surface area contributed by atoms with Crippen LogP contribution < -0.4 is 4.90 Å². The van der Waals surface area contributed by atoms with Crippen molar-refractivity contribution in [2.24, 2.45) is 4.99 Å². The molecule has 7 heteroatoms. The number of hydrogen-bond donors (Lipinski definition) is 3. The maximum Gasteiger partial charge on any atom is 0.153 e. The number of anilines is 1. The van der Waals surface area contributed by atoms with Crippen LogP contribution in [-0.2, 0) is 0 Å². The van der Waals surface area contributed by atoms with Crippen LogP contribution in [0.15, 0.2) is 35.5 Å². The molecule has 0 fully saturated rings. The fraction of sp³-hybridized carbons (Fsp3) is 0.250. The molecular weight excluding hydrogens is 314 g/mol. The fourth-order valence-corrected chi connectivity index (χ4v) is 3.24. The quantitative estimate of drug-likeness (QED) is 0.690. The van der Waals surface area contributed by atoms with Gasteiger partial charge < -0.3 is 15.0 Å². The van der Waals surface area contributed by atoms with Crippen molar-refractivity contribution in [2.75, 3.05) is 11.5 Å². The smallest absolute Gasteiger partial charge is 0.153 e. The first-order valence-electron chi connectivity index (χ1n) is 7.43. The number of nitrogens with zero attached hydrogens (tertiary/aromatic N) is 3. The number of hydrogen-bond acceptors (Lipinski definition) is 4. The third-order valence-electron chi connectivity index (χ3n) is 4.21. The molecule has 1 aliphatic rings. The Bertz CT molecular complexity index is 884. The lowest BCUT2D eigenvalue weighted by Crippen LogP contribution is -2.41. The molecule has 118 valence electrons. The average Bonchev–Trinajstić information content (AvgIpc) is 3.18. The number of nitrogens with one attached hydrogen (secondary N) is 2. The van der Waals surface area contributed by atoms with Crippen molar-refractivity contribution in [3.8, 4) is 0 Å². The highest BCUT2D eigenvalue weighted by atomic mass is 35.5. The Labute approximate surface area is 137 Å². The highest BCUT2D eigenvalue weighted by Crippen LogP contribution is 2.39. The van der Waals surface area contributed by atoms with E-state index in [9.17, 15) is 5.11 Å². The van der Waals surface area contributed by atoms with E-state index in [1.54, 1.807) is 0 Å². The molecule has 3 N–H and O–H groups in total. The number of halogens is 1. The Kier molecular flexibility index (Phi) is 3.36. The van der Waals surface area contributed by atoms with Gasteiger partial charge in [0, 0.05) is 22.8 Å². The topological polar surface area (TPSA) is 80.3 Å². The van der Waals surface area contributed by atoms with E-state index in [-0.39, 0.29) is 18.7 Å². The zero-order valence-corrected chi connectivity index (χ0v) is 13.2. The summed E-state index contributed by atoms with van der Waals surface area (Å²) in [7, 11) is 0. The van der Waals surface area contributed by atoms with Gasteiger partial charge >= 0.3 is 0 Å². The molecule has 1 aliphatic heterocycles. The molecule has 4 rings (SSSR count). The molecule has 2 atom stereocenters.